The van der Waals surface area contributed by atoms with E-state index < -0.39 is 5.82 Å². The van der Waals surface area contributed by atoms with Crippen LogP contribution in [0.4, 0.5) is 10.1 Å². The molecule has 1 heterocycles. The van der Waals surface area contributed by atoms with E-state index in [-0.39, 0.29) is 17.6 Å². The maximum atomic E-state index is 13.1. The number of rotatable bonds is 4. The summed E-state index contributed by atoms with van der Waals surface area (Å²) >= 11 is 0. The van der Waals surface area contributed by atoms with Crippen molar-refractivity contribution in [2.45, 2.75) is 25.4 Å². The zero-order valence-corrected chi connectivity index (χ0v) is 13.5. The number of benzene rings is 2. The highest BCUT2D eigenvalue weighted by Crippen LogP contribution is 2.17. The minimum absolute atomic E-state index is 0.133. The summed E-state index contributed by atoms with van der Waals surface area (Å²) in [5.74, 6) is -0.660. The Morgan fingerprint density at radius 1 is 1.17 bits per heavy atom. The first-order valence-electron chi connectivity index (χ1n) is 8.24. The number of nitrogens with one attached hydrogen (secondary N) is 1. The van der Waals surface area contributed by atoms with Gasteiger partial charge in [0.15, 0.2) is 0 Å². The lowest BCUT2D eigenvalue weighted by Gasteiger charge is -2.32. The van der Waals surface area contributed by atoms with Gasteiger partial charge in [0.05, 0.1) is 5.56 Å². The van der Waals surface area contributed by atoms with Gasteiger partial charge in [0.2, 0.25) is 0 Å². The Bertz CT molecular complexity index is 697. The minimum Gasteiger partial charge on any atom is -0.398 e. The molecule has 0 bridgehead atoms. The molecule has 126 valence electrons. The van der Waals surface area contributed by atoms with Gasteiger partial charge in [-0.15, -0.1) is 0 Å². The first-order chi connectivity index (χ1) is 11.6. The van der Waals surface area contributed by atoms with Crippen molar-refractivity contribution in [3.8, 4) is 0 Å². The number of carbonyl (C=O) groups is 1. The van der Waals surface area contributed by atoms with Crippen molar-refractivity contribution in [1.29, 1.82) is 0 Å². The Balaban J connectivity index is 1.51. The van der Waals surface area contributed by atoms with Gasteiger partial charge in [-0.3, -0.25) is 9.69 Å². The van der Waals surface area contributed by atoms with Gasteiger partial charge in [0, 0.05) is 31.4 Å². The van der Waals surface area contributed by atoms with E-state index in [2.05, 4.69) is 34.5 Å². The summed E-state index contributed by atoms with van der Waals surface area (Å²) in [5.41, 5.74) is 7.54. The first kappa shape index (κ1) is 16.5. The molecule has 5 heteroatoms. The Labute approximate surface area is 141 Å². The minimum atomic E-state index is -0.432. The molecule has 0 atom stereocenters. The lowest BCUT2D eigenvalue weighted by molar-refractivity contribution is 0.0910. The van der Waals surface area contributed by atoms with E-state index in [9.17, 15) is 9.18 Å². The number of nitrogens with zero attached hydrogens (tertiary/aromatic N) is 1. The van der Waals surface area contributed by atoms with Gasteiger partial charge in [0.1, 0.15) is 5.82 Å². The summed E-state index contributed by atoms with van der Waals surface area (Å²) in [4.78, 5) is 14.7. The third-order valence-corrected chi connectivity index (χ3v) is 4.43. The van der Waals surface area contributed by atoms with Crippen LogP contribution in [-0.2, 0) is 6.54 Å². The second kappa shape index (κ2) is 7.45. The average molecular weight is 327 g/mol. The molecular weight excluding hydrogens is 305 g/mol. The topological polar surface area (TPSA) is 58.4 Å². The van der Waals surface area contributed by atoms with Crippen LogP contribution in [0.2, 0.25) is 0 Å². The molecule has 1 aliphatic rings. The van der Waals surface area contributed by atoms with Crippen LogP contribution in [0, 0.1) is 5.82 Å². The third kappa shape index (κ3) is 4.11. The number of nitrogen functional groups attached to an aromatic ring is 1. The van der Waals surface area contributed by atoms with Gasteiger partial charge in [-0.1, -0.05) is 30.3 Å². The molecule has 1 fully saturated rings. The SMILES string of the molecule is Nc1cc(F)ccc1C(=O)NC1CCN(Cc2ccccc2)CC1. The summed E-state index contributed by atoms with van der Waals surface area (Å²) < 4.78 is 13.1. The number of likely N-dealkylation sites (tertiary alicyclic amines) is 1. The average Bonchev–Trinajstić information content (AvgIpc) is 2.57. The third-order valence-electron chi connectivity index (χ3n) is 4.43. The second-order valence-electron chi connectivity index (χ2n) is 6.24. The van der Waals surface area contributed by atoms with Crippen LogP contribution in [0.5, 0.6) is 0 Å². The lowest BCUT2D eigenvalue weighted by atomic mass is 10.0. The predicted molar refractivity (Wildman–Crippen MR) is 93.0 cm³/mol. The molecule has 4 nitrogen and oxygen atoms in total. The van der Waals surface area contributed by atoms with Gasteiger partial charge in [-0.25, -0.2) is 4.39 Å². The van der Waals surface area contributed by atoms with Gasteiger partial charge in [-0.05, 0) is 36.6 Å². The number of carbonyl (C=O) groups excluding carboxylic acids is 1. The van der Waals surface area contributed by atoms with Crippen LogP contribution >= 0.6 is 0 Å². The van der Waals surface area contributed by atoms with Crippen molar-refractivity contribution in [2.75, 3.05) is 18.8 Å². The molecule has 2 aromatic carbocycles. The normalized spacial score (nSPS) is 16.0. The molecule has 0 radical (unpaired) electrons. The van der Waals surface area contributed by atoms with Gasteiger partial charge < -0.3 is 11.1 Å². The largest absolute Gasteiger partial charge is 0.398 e. The lowest BCUT2D eigenvalue weighted by Crippen LogP contribution is -2.44. The Hall–Kier alpha value is -2.40. The first-order valence-corrected chi connectivity index (χ1v) is 8.24. The van der Waals surface area contributed by atoms with Gasteiger partial charge >= 0.3 is 0 Å². The summed E-state index contributed by atoms with van der Waals surface area (Å²) in [6, 6.07) is 14.4. The smallest absolute Gasteiger partial charge is 0.253 e. The predicted octanol–water partition coefficient (Wildman–Crippen LogP) is 2.80. The fraction of sp³-hybridized carbons (Fsp3) is 0.316. The number of hydrogen-bond acceptors (Lipinski definition) is 3. The fourth-order valence-electron chi connectivity index (χ4n) is 3.08. The van der Waals surface area contributed by atoms with E-state index in [0.29, 0.717) is 5.56 Å². The van der Waals surface area contributed by atoms with Crippen molar-refractivity contribution >= 4 is 11.6 Å². The summed E-state index contributed by atoms with van der Waals surface area (Å²) in [5, 5.41) is 3.01. The van der Waals surface area contributed by atoms with E-state index in [4.69, 9.17) is 5.73 Å². The highest BCUT2D eigenvalue weighted by atomic mass is 19.1. The molecule has 0 spiro atoms. The molecule has 0 saturated carbocycles. The van der Waals surface area contributed by atoms with E-state index in [1.807, 2.05) is 6.07 Å². The molecule has 2 aromatic rings. The molecule has 0 unspecified atom stereocenters. The van der Waals surface area contributed by atoms with Crippen LogP contribution < -0.4 is 11.1 Å². The standard InChI is InChI=1S/C19H22FN3O/c20-15-6-7-17(18(21)12-15)19(24)22-16-8-10-23(11-9-16)13-14-4-2-1-3-5-14/h1-7,12,16H,8-11,13,21H2,(H,22,24). The number of piperidine rings is 1. The van der Waals surface area contributed by atoms with Crippen molar-refractivity contribution in [3.63, 3.8) is 0 Å². The molecule has 0 aliphatic carbocycles. The fourth-order valence-corrected chi connectivity index (χ4v) is 3.08. The van der Waals surface area contributed by atoms with Crippen molar-refractivity contribution in [2.24, 2.45) is 0 Å². The molecule has 3 rings (SSSR count). The quantitative estimate of drug-likeness (QED) is 0.849. The maximum Gasteiger partial charge on any atom is 0.253 e. The van der Waals surface area contributed by atoms with Crippen LogP contribution in [0.1, 0.15) is 28.8 Å². The van der Waals surface area contributed by atoms with Gasteiger partial charge in [-0.2, -0.15) is 0 Å². The number of hydrogen-bond donors (Lipinski definition) is 2. The second-order valence-corrected chi connectivity index (χ2v) is 6.24. The number of anilines is 1. The maximum absolute atomic E-state index is 13.1. The summed E-state index contributed by atoms with van der Waals surface area (Å²) in [6.07, 6.45) is 1.80. The molecule has 1 aliphatic heterocycles. The van der Waals surface area contributed by atoms with Crippen LogP contribution in [0.3, 0.4) is 0 Å². The van der Waals surface area contributed by atoms with E-state index in [0.717, 1.165) is 32.5 Å². The molecule has 0 aromatic heterocycles. The summed E-state index contributed by atoms with van der Waals surface area (Å²) in [6.45, 7) is 2.82. The van der Waals surface area contributed by atoms with E-state index in [1.54, 1.807) is 0 Å². The number of nitrogens with two attached hydrogens (primary N) is 1. The molecule has 24 heavy (non-hydrogen) atoms. The van der Waals surface area contributed by atoms with Crippen molar-refractivity contribution < 1.29 is 9.18 Å². The van der Waals surface area contributed by atoms with Crippen molar-refractivity contribution in [1.82, 2.24) is 10.2 Å². The van der Waals surface area contributed by atoms with Gasteiger partial charge in [0.25, 0.3) is 5.91 Å². The highest BCUT2D eigenvalue weighted by Gasteiger charge is 2.22. The van der Waals surface area contributed by atoms with Crippen molar-refractivity contribution in [3.05, 3.63) is 65.5 Å². The Morgan fingerprint density at radius 2 is 1.88 bits per heavy atom. The Morgan fingerprint density at radius 3 is 2.54 bits per heavy atom. The van der Waals surface area contributed by atoms with Crippen LogP contribution in [-0.4, -0.2) is 29.9 Å². The molecule has 1 saturated heterocycles. The molecule has 1 amide bonds. The van der Waals surface area contributed by atoms with E-state index in [1.165, 1.54) is 23.8 Å². The highest BCUT2D eigenvalue weighted by molar-refractivity contribution is 5.99. The molecule has 3 N–H and O–H groups in total. The zero-order valence-electron chi connectivity index (χ0n) is 13.5. The molecular formula is C19H22FN3O. The number of amides is 1. The van der Waals surface area contributed by atoms with E-state index >= 15 is 0 Å². The van der Waals surface area contributed by atoms with Crippen LogP contribution in [0.25, 0.3) is 0 Å². The number of halogens is 1. The Kier molecular flexibility index (Phi) is 5.11. The van der Waals surface area contributed by atoms with Crippen LogP contribution in [0.15, 0.2) is 48.5 Å². The zero-order chi connectivity index (χ0) is 16.9. The summed E-state index contributed by atoms with van der Waals surface area (Å²) in [7, 11) is 0. The monoisotopic (exact) mass is 327 g/mol.